The Balaban J connectivity index is 2.28. The number of hydrogen-bond donors (Lipinski definition) is 1. The molecule has 1 heterocycles. The van der Waals surface area contributed by atoms with Gasteiger partial charge in [-0.2, -0.15) is 0 Å². The van der Waals surface area contributed by atoms with Gasteiger partial charge in [0.05, 0.1) is 28.3 Å². The van der Waals surface area contributed by atoms with Crippen molar-refractivity contribution in [2.24, 2.45) is 7.05 Å². The summed E-state index contributed by atoms with van der Waals surface area (Å²) in [5.74, 6) is -0.306. The van der Waals surface area contributed by atoms with E-state index < -0.39 is 0 Å². The molecule has 0 aliphatic carbocycles. The zero-order valence-electron chi connectivity index (χ0n) is 8.95. The molecule has 1 amide bonds. The molecule has 2 aromatic rings. The SMILES string of the molecule is Cn1cncc1C(=O)Nc1c(Cl)cccc1Cl. The predicted octanol–water partition coefficient (Wildman–Crippen LogP) is 2.98. The second-order valence-electron chi connectivity index (χ2n) is 3.44. The fourth-order valence-corrected chi connectivity index (χ4v) is 1.86. The zero-order valence-corrected chi connectivity index (χ0v) is 10.5. The third-order valence-corrected chi connectivity index (χ3v) is 2.88. The molecule has 0 fully saturated rings. The van der Waals surface area contributed by atoms with Gasteiger partial charge in [0.15, 0.2) is 0 Å². The zero-order chi connectivity index (χ0) is 12.4. The summed E-state index contributed by atoms with van der Waals surface area (Å²) in [5.41, 5.74) is 0.836. The summed E-state index contributed by atoms with van der Waals surface area (Å²) in [6, 6.07) is 5.03. The van der Waals surface area contributed by atoms with Crippen molar-refractivity contribution in [1.29, 1.82) is 0 Å². The number of aryl methyl sites for hydroxylation is 1. The van der Waals surface area contributed by atoms with Crippen LogP contribution in [-0.2, 0) is 7.05 Å². The van der Waals surface area contributed by atoms with Crippen LogP contribution in [0.15, 0.2) is 30.7 Å². The maximum Gasteiger partial charge on any atom is 0.274 e. The summed E-state index contributed by atoms with van der Waals surface area (Å²) in [4.78, 5) is 15.8. The molecular weight excluding hydrogens is 261 g/mol. The number of rotatable bonds is 2. The lowest BCUT2D eigenvalue weighted by atomic mass is 10.3. The molecule has 17 heavy (non-hydrogen) atoms. The van der Waals surface area contributed by atoms with Gasteiger partial charge in [-0.1, -0.05) is 29.3 Å². The van der Waals surface area contributed by atoms with E-state index in [1.54, 1.807) is 36.1 Å². The van der Waals surface area contributed by atoms with Crippen molar-refractivity contribution in [2.45, 2.75) is 0 Å². The Bertz CT molecular complexity index is 545. The molecule has 0 aliphatic rings. The van der Waals surface area contributed by atoms with E-state index in [4.69, 9.17) is 23.2 Å². The summed E-state index contributed by atoms with van der Waals surface area (Å²) in [6.07, 6.45) is 3.02. The molecule has 1 N–H and O–H groups in total. The number of amides is 1. The van der Waals surface area contributed by atoms with E-state index in [1.807, 2.05) is 0 Å². The number of para-hydroxylation sites is 1. The smallest absolute Gasteiger partial charge is 0.274 e. The molecule has 0 saturated heterocycles. The van der Waals surface area contributed by atoms with Gasteiger partial charge in [0.25, 0.3) is 5.91 Å². The molecule has 2 rings (SSSR count). The van der Waals surface area contributed by atoms with Crippen LogP contribution in [0, 0.1) is 0 Å². The topological polar surface area (TPSA) is 46.9 Å². The molecule has 4 nitrogen and oxygen atoms in total. The van der Waals surface area contributed by atoms with E-state index in [1.165, 1.54) is 6.20 Å². The molecule has 0 bridgehead atoms. The van der Waals surface area contributed by atoms with Gasteiger partial charge in [0.1, 0.15) is 5.69 Å². The first-order valence-corrected chi connectivity index (χ1v) is 5.57. The number of anilines is 1. The molecule has 0 atom stereocenters. The van der Waals surface area contributed by atoms with Crippen LogP contribution in [0.5, 0.6) is 0 Å². The van der Waals surface area contributed by atoms with E-state index in [2.05, 4.69) is 10.3 Å². The predicted molar refractivity (Wildman–Crippen MR) is 67.6 cm³/mol. The maximum atomic E-state index is 11.9. The molecule has 6 heteroatoms. The second-order valence-corrected chi connectivity index (χ2v) is 4.25. The Labute approximate surface area is 108 Å². The summed E-state index contributed by atoms with van der Waals surface area (Å²) >= 11 is 11.9. The first kappa shape index (κ1) is 12.0. The van der Waals surface area contributed by atoms with Gasteiger partial charge < -0.3 is 9.88 Å². The van der Waals surface area contributed by atoms with Crippen LogP contribution >= 0.6 is 23.2 Å². The van der Waals surface area contributed by atoms with Crippen LogP contribution < -0.4 is 5.32 Å². The first-order valence-electron chi connectivity index (χ1n) is 4.81. The van der Waals surface area contributed by atoms with E-state index in [9.17, 15) is 4.79 Å². The van der Waals surface area contributed by atoms with E-state index in [-0.39, 0.29) is 5.91 Å². The Morgan fingerprint density at radius 1 is 1.35 bits per heavy atom. The normalized spacial score (nSPS) is 10.3. The first-order chi connectivity index (χ1) is 8.09. The highest BCUT2D eigenvalue weighted by molar-refractivity contribution is 6.39. The maximum absolute atomic E-state index is 11.9. The molecule has 0 saturated carbocycles. The van der Waals surface area contributed by atoms with Crippen LogP contribution in [0.1, 0.15) is 10.5 Å². The number of benzene rings is 1. The summed E-state index contributed by atoms with van der Waals surface area (Å²) in [7, 11) is 1.73. The third kappa shape index (κ3) is 2.43. The molecule has 1 aromatic carbocycles. The van der Waals surface area contributed by atoms with Crippen LogP contribution in [-0.4, -0.2) is 15.5 Å². The summed E-state index contributed by atoms with van der Waals surface area (Å²) < 4.78 is 1.61. The van der Waals surface area contributed by atoms with Crippen LogP contribution in [0.3, 0.4) is 0 Å². The van der Waals surface area contributed by atoms with Gasteiger partial charge >= 0.3 is 0 Å². The Hall–Kier alpha value is -1.52. The van der Waals surface area contributed by atoms with Crippen molar-refractivity contribution in [1.82, 2.24) is 9.55 Å². The largest absolute Gasteiger partial charge is 0.330 e. The highest BCUT2D eigenvalue weighted by Crippen LogP contribution is 2.30. The Morgan fingerprint density at radius 3 is 2.53 bits per heavy atom. The quantitative estimate of drug-likeness (QED) is 0.911. The minimum absolute atomic E-state index is 0.306. The molecule has 0 aliphatic heterocycles. The van der Waals surface area contributed by atoms with Gasteiger partial charge in [-0.25, -0.2) is 4.98 Å². The van der Waals surface area contributed by atoms with Crippen molar-refractivity contribution in [3.63, 3.8) is 0 Å². The second kappa shape index (κ2) is 4.77. The standard InChI is InChI=1S/C11H9Cl2N3O/c1-16-6-14-5-9(16)11(17)15-10-7(12)3-2-4-8(10)13/h2-6H,1H3,(H,15,17). The van der Waals surface area contributed by atoms with Crippen molar-refractivity contribution >= 4 is 34.8 Å². The molecule has 1 aromatic heterocycles. The Morgan fingerprint density at radius 2 is 2.00 bits per heavy atom. The number of nitrogens with zero attached hydrogens (tertiary/aromatic N) is 2. The number of hydrogen-bond acceptors (Lipinski definition) is 2. The summed E-state index contributed by atoms with van der Waals surface area (Å²) in [6.45, 7) is 0. The van der Waals surface area contributed by atoms with Gasteiger partial charge in [-0.05, 0) is 12.1 Å². The lowest BCUT2D eigenvalue weighted by Crippen LogP contribution is -2.15. The minimum atomic E-state index is -0.306. The summed E-state index contributed by atoms with van der Waals surface area (Å²) in [5, 5.41) is 3.45. The fraction of sp³-hybridized carbons (Fsp3) is 0.0909. The van der Waals surface area contributed by atoms with Gasteiger partial charge in [0, 0.05) is 7.05 Å². The average molecular weight is 270 g/mol. The van der Waals surface area contributed by atoms with E-state index >= 15 is 0 Å². The van der Waals surface area contributed by atoms with Crippen molar-refractivity contribution in [3.05, 3.63) is 46.5 Å². The molecule has 88 valence electrons. The molecule has 0 spiro atoms. The molecule has 0 radical (unpaired) electrons. The van der Waals surface area contributed by atoms with Crippen molar-refractivity contribution in [3.8, 4) is 0 Å². The monoisotopic (exact) mass is 269 g/mol. The van der Waals surface area contributed by atoms with Crippen molar-refractivity contribution < 1.29 is 4.79 Å². The number of carbonyl (C=O) groups is 1. The molecule has 0 unspecified atom stereocenters. The van der Waals surface area contributed by atoms with E-state index in [0.29, 0.717) is 21.4 Å². The van der Waals surface area contributed by atoms with Gasteiger partial charge in [0.2, 0.25) is 0 Å². The van der Waals surface area contributed by atoms with Crippen LogP contribution in [0.4, 0.5) is 5.69 Å². The number of nitrogens with one attached hydrogen (secondary N) is 1. The minimum Gasteiger partial charge on any atom is -0.330 e. The number of aromatic nitrogens is 2. The van der Waals surface area contributed by atoms with Crippen molar-refractivity contribution in [2.75, 3.05) is 5.32 Å². The number of halogens is 2. The number of carbonyl (C=O) groups excluding carboxylic acids is 1. The van der Waals surface area contributed by atoms with Crippen LogP contribution in [0.25, 0.3) is 0 Å². The average Bonchev–Trinajstić information content (AvgIpc) is 2.70. The Kier molecular flexibility index (Phi) is 3.36. The molecular formula is C11H9Cl2N3O. The van der Waals surface area contributed by atoms with Gasteiger partial charge in [-0.15, -0.1) is 0 Å². The fourth-order valence-electron chi connectivity index (χ4n) is 1.37. The lowest BCUT2D eigenvalue weighted by molar-refractivity contribution is 0.101. The third-order valence-electron chi connectivity index (χ3n) is 2.25. The van der Waals surface area contributed by atoms with E-state index in [0.717, 1.165) is 0 Å². The van der Waals surface area contributed by atoms with Crippen LogP contribution in [0.2, 0.25) is 10.0 Å². The number of imidazole rings is 1. The highest BCUT2D eigenvalue weighted by Gasteiger charge is 2.13. The highest BCUT2D eigenvalue weighted by atomic mass is 35.5. The lowest BCUT2D eigenvalue weighted by Gasteiger charge is -2.08. The van der Waals surface area contributed by atoms with Gasteiger partial charge in [-0.3, -0.25) is 4.79 Å².